The van der Waals surface area contributed by atoms with Crippen LogP contribution in [0.15, 0.2) is 6.07 Å². The Hall–Kier alpha value is -0.860. The van der Waals surface area contributed by atoms with Gasteiger partial charge in [-0.2, -0.15) is 5.10 Å². The number of hydrogen-bond donors (Lipinski definition) is 0. The topological polar surface area (TPSA) is 17.8 Å². The molecule has 3 heteroatoms. The van der Waals surface area contributed by atoms with E-state index in [1.165, 1.54) is 10.7 Å². The molecule has 2 nitrogen and oxygen atoms in total. The summed E-state index contributed by atoms with van der Waals surface area (Å²) < 4.78 is 12.8. The highest BCUT2D eigenvalue weighted by Crippen LogP contribution is 1.80. The number of nitrogens with zero attached hydrogens (tertiary/aromatic N) is 2. The average Bonchev–Trinajstić information content (AvgIpc) is 2.19. The lowest BCUT2D eigenvalue weighted by atomic mass is 10.7. The summed E-state index contributed by atoms with van der Waals surface area (Å²) in [5.41, 5.74) is 0. The molecule has 1 heterocycles. The van der Waals surface area contributed by atoms with Gasteiger partial charge in [0.2, 0.25) is 0 Å². The van der Waals surface area contributed by atoms with Crippen molar-refractivity contribution >= 4 is 0 Å². The first-order valence-electron chi connectivity index (χ1n) is 2.31. The number of alkyl halides is 1. The van der Waals surface area contributed by atoms with Gasteiger partial charge in [0.25, 0.3) is 0 Å². The van der Waals surface area contributed by atoms with Crippen molar-refractivity contribution < 1.29 is 4.39 Å². The van der Waals surface area contributed by atoms with E-state index < -0.39 is 6.67 Å². The molecule has 0 saturated carbocycles. The van der Waals surface area contributed by atoms with Gasteiger partial charge in [-0.1, -0.05) is 0 Å². The van der Waals surface area contributed by atoms with Crippen LogP contribution in [0.3, 0.4) is 0 Å². The van der Waals surface area contributed by atoms with Crippen LogP contribution in [0, 0.1) is 12.4 Å². The molecule has 0 saturated heterocycles. The van der Waals surface area contributed by atoms with E-state index in [0.717, 1.165) is 0 Å². The van der Waals surface area contributed by atoms with E-state index in [-0.39, 0.29) is 6.54 Å². The normalized spacial score (nSPS) is 9.62. The average molecular weight is 112 g/mol. The van der Waals surface area contributed by atoms with Gasteiger partial charge >= 0.3 is 0 Å². The fourth-order valence-electron chi connectivity index (χ4n) is 0.425. The van der Waals surface area contributed by atoms with E-state index in [2.05, 4.69) is 17.5 Å². The Kier molecular flexibility index (Phi) is 1.62. The van der Waals surface area contributed by atoms with Crippen molar-refractivity contribution in [2.45, 2.75) is 6.54 Å². The number of aryl methyl sites for hydroxylation is 1. The maximum absolute atomic E-state index is 11.5. The molecule has 1 rings (SSSR count). The van der Waals surface area contributed by atoms with Gasteiger partial charge in [0, 0.05) is 0 Å². The first-order valence-corrected chi connectivity index (χ1v) is 2.31. The molecular weight excluding hydrogens is 107 g/mol. The minimum Gasteiger partial charge on any atom is -0.260 e. The standard InChI is InChI=1S/C5H5FN2/c6-2-5-8-4-1-3-7-8/h1H,2,5H2. The molecule has 0 unspecified atom stereocenters. The lowest BCUT2D eigenvalue weighted by Gasteiger charge is -1.89. The molecule has 0 bridgehead atoms. The SMILES string of the molecule is FCCn1[c]c[c]n1. The first kappa shape index (κ1) is 5.28. The molecule has 0 N–H and O–H groups in total. The van der Waals surface area contributed by atoms with Crippen LogP contribution < -0.4 is 0 Å². The lowest BCUT2D eigenvalue weighted by Crippen LogP contribution is -1.99. The zero-order chi connectivity index (χ0) is 5.82. The fourth-order valence-corrected chi connectivity index (χ4v) is 0.425. The summed E-state index contributed by atoms with van der Waals surface area (Å²) in [6.07, 6.45) is 5.15. The predicted molar refractivity (Wildman–Crippen MR) is 25.9 cm³/mol. The highest BCUT2D eigenvalue weighted by Gasteiger charge is 1.86. The van der Waals surface area contributed by atoms with E-state index >= 15 is 0 Å². The van der Waals surface area contributed by atoms with Crippen molar-refractivity contribution in [1.29, 1.82) is 0 Å². The summed E-state index contributed by atoms with van der Waals surface area (Å²) in [6.45, 7) is -0.116. The number of halogens is 1. The molecule has 0 aliphatic heterocycles. The van der Waals surface area contributed by atoms with E-state index in [1.807, 2.05) is 0 Å². The van der Waals surface area contributed by atoms with Crippen molar-refractivity contribution in [1.82, 2.24) is 9.78 Å². The summed E-state index contributed by atoms with van der Waals surface area (Å²) in [4.78, 5) is 0. The van der Waals surface area contributed by atoms with Crippen LogP contribution in [0.4, 0.5) is 4.39 Å². The molecule has 2 radical (unpaired) electrons. The smallest absolute Gasteiger partial charge is 0.113 e. The largest absolute Gasteiger partial charge is 0.260 e. The molecule has 0 atom stereocenters. The van der Waals surface area contributed by atoms with Crippen molar-refractivity contribution in [3.63, 3.8) is 0 Å². The molecule has 1 aromatic rings. The second-order valence-corrected chi connectivity index (χ2v) is 1.31. The zero-order valence-electron chi connectivity index (χ0n) is 4.26. The molecule has 0 aromatic carbocycles. The van der Waals surface area contributed by atoms with E-state index in [4.69, 9.17) is 0 Å². The van der Waals surface area contributed by atoms with Crippen LogP contribution >= 0.6 is 0 Å². The summed E-state index contributed by atoms with van der Waals surface area (Å²) in [5, 5.41) is 3.60. The van der Waals surface area contributed by atoms with Crippen LogP contribution in [-0.2, 0) is 6.54 Å². The number of rotatable bonds is 2. The van der Waals surface area contributed by atoms with Gasteiger partial charge in [-0.3, -0.25) is 4.68 Å². The molecule has 0 aliphatic rings. The van der Waals surface area contributed by atoms with Crippen molar-refractivity contribution in [2.75, 3.05) is 6.67 Å². The molecule has 0 amide bonds. The minimum atomic E-state index is -0.397. The summed E-state index contributed by atoms with van der Waals surface area (Å²) in [7, 11) is 0. The maximum atomic E-state index is 11.5. The van der Waals surface area contributed by atoms with Gasteiger partial charge in [0.15, 0.2) is 0 Å². The Morgan fingerprint density at radius 3 is 3.12 bits per heavy atom. The van der Waals surface area contributed by atoms with Gasteiger partial charge < -0.3 is 0 Å². The molecular formula is C5H5FN2. The molecule has 0 fully saturated rings. The van der Waals surface area contributed by atoms with Gasteiger partial charge in [-0.15, -0.1) is 0 Å². The molecule has 1 aromatic heterocycles. The van der Waals surface area contributed by atoms with Crippen molar-refractivity contribution in [3.05, 3.63) is 18.5 Å². The van der Waals surface area contributed by atoms with E-state index in [1.54, 1.807) is 0 Å². The van der Waals surface area contributed by atoms with Gasteiger partial charge in [-0.25, -0.2) is 4.39 Å². The van der Waals surface area contributed by atoms with E-state index in [0.29, 0.717) is 0 Å². The summed E-state index contributed by atoms with van der Waals surface area (Å²) in [6, 6.07) is 1.52. The molecule has 42 valence electrons. The second-order valence-electron chi connectivity index (χ2n) is 1.31. The summed E-state index contributed by atoms with van der Waals surface area (Å²) >= 11 is 0. The van der Waals surface area contributed by atoms with Crippen LogP contribution in [0.2, 0.25) is 0 Å². The molecule has 0 aliphatic carbocycles. The van der Waals surface area contributed by atoms with Gasteiger partial charge in [-0.05, 0) is 6.07 Å². The molecule has 0 spiro atoms. The predicted octanol–water partition coefficient (Wildman–Crippen LogP) is 0.453. The Labute approximate surface area is 46.9 Å². The minimum absolute atomic E-state index is 0.281. The Balaban J connectivity index is 2.50. The van der Waals surface area contributed by atoms with Crippen LogP contribution in [-0.4, -0.2) is 16.5 Å². The molecule has 8 heavy (non-hydrogen) atoms. The Bertz CT molecular complexity index is 136. The van der Waals surface area contributed by atoms with Gasteiger partial charge in [0.1, 0.15) is 12.9 Å². The third kappa shape index (κ3) is 1.05. The van der Waals surface area contributed by atoms with Crippen LogP contribution in [0.25, 0.3) is 0 Å². The zero-order valence-corrected chi connectivity index (χ0v) is 4.26. The Morgan fingerprint density at radius 1 is 1.75 bits per heavy atom. The number of aromatic nitrogens is 2. The van der Waals surface area contributed by atoms with Crippen molar-refractivity contribution in [2.24, 2.45) is 0 Å². The monoisotopic (exact) mass is 112 g/mol. The third-order valence-corrected chi connectivity index (χ3v) is 0.753. The van der Waals surface area contributed by atoms with Gasteiger partial charge in [0.05, 0.1) is 12.7 Å². The third-order valence-electron chi connectivity index (χ3n) is 0.753. The fraction of sp³-hybridized carbons (Fsp3) is 0.400. The van der Waals surface area contributed by atoms with Crippen LogP contribution in [0.5, 0.6) is 0 Å². The number of hydrogen-bond acceptors (Lipinski definition) is 1. The van der Waals surface area contributed by atoms with Crippen molar-refractivity contribution in [3.8, 4) is 0 Å². The first-order chi connectivity index (χ1) is 3.93. The highest BCUT2D eigenvalue weighted by atomic mass is 19.1. The summed E-state index contributed by atoms with van der Waals surface area (Å²) in [5.74, 6) is 0. The highest BCUT2D eigenvalue weighted by molar-refractivity contribution is 4.72. The van der Waals surface area contributed by atoms with Crippen LogP contribution in [0.1, 0.15) is 0 Å². The quantitative estimate of drug-likeness (QED) is 0.543. The maximum Gasteiger partial charge on any atom is 0.113 e. The second kappa shape index (κ2) is 2.45. The van der Waals surface area contributed by atoms with E-state index in [9.17, 15) is 4.39 Å². The lowest BCUT2D eigenvalue weighted by molar-refractivity contribution is 0.425. The Morgan fingerprint density at radius 2 is 2.62 bits per heavy atom.